The van der Waals surface area contributed by atoms with Gasteiger partial charge in [0.1, 0.15) is 13.2 Å². The molecule has 0 atom stereocenters. The van der Waals surface area contributed by atoms with Gasteiger partial charge in [0, 0.05) is 11.1 Å². The minimum absolute atomic E-state index is 0.221. The monoisotopic (exact) mass is 221 g/mol. The Kier molecular flexibility index (Phi) is 2.01. The molecule has 0 unspecified atom stereocenters. The van der Waals surface area contributed by atoms with Gasteiger partial charge in [-0.05, 0) is 25.0 Å². The van der Waals surface area contributed by atoms with Crippen LogP contribution in [-0.2, 0) is 5.54 Å². The second-order valence-corrected chi connectivity index (χ2v) is 4.33. The first-order valence-corrected chi connectivity index (χ1v) is 5.50. The summed E-state index contributed by atoms with van der Waals surface area (Å²) in [5.74, 6) is 2.18. The van der Waals surface area contributed by atoms with E-state index in [1.54, 1.807) is 7.11 Å². The molecule has 0 amide bonds. The topological polar surface area (TPSA) is 53.7 Å². The van der Waals surface area contributed by atoms with E-state index in [1.807, 2.05) is 12.1 Å². The predicted molar refractivity (Wildman–Crippen MR) is 59.1 cm³/mol. The number of ether oxygens (including phenoxy) is 3. The molecular formula is C12H15NO3. The summed E-state index contributed by atoms with van der Waals surface area (Å²) < 4.78 is 16.5. The molecule has 0 saturated heterocycles. The van der Waals surface area contributed by atoms with Gasteiger partial charge in [-0.25, -0.2) is 0 Å². The van der Waals surface area contributed by atoms with Crippen LogP contribution in [0, 0.1) is 0 Å². The summed E-state index contributed by atoms with van der Waals surface area (Å²) in [7, 11) is 1.64. The van der Waals surface area contributed by atoms with Gasteiger partial charge in [0.15, 0.2) is 11.5 Å². The highest BCUT2D eigenvalue weighted by Crippen LogP contribution is 2.52. The van der Waals surface area contributed by atoms with Crippen molar-refractivity contribution in [3.05, 3.63) is 17.7 Å². The molecule has 2 N–H and O–H groups in total. The van der Waals surface area contributed by atoms with Crippen molar-refractivity contribution in [1.82, 2.24) is 0 Å². The van der Waals surface area contributed by atoms with Crippen LogP contribution in [0.25, 0.3) is 0 Å². The third-order valence-electron chi connectivity index (χ3n) is 3.19. The van der Waals surface area contributed by atoms with Crippen LogP contribution in [-0.4, -0.2) is 20.3 Å². The van der Waals surface area contributed by atoms with Gasteiger partial charge < -0.3 is 19.9 Å². The molecule has 1 aromatic carbocycles. The zero-order valence-electron chi connectivity index (χ0n) is 9.29. The Balaban J connectivity index is 2.12. The smallest absolute Gasteiger partial charge is 0.204 e. The molecule has 3 rings (SSSR count). The first kappa shape index (κ1) is 9.78. The lowest BCUT2D eigenvalue weighted by Gasteiger charge is -2.23. The predicted octanol–water partition coefficient (Wildman–Crippen LogP) is 1.41. The Labute approximate surface area is 94.3 Å². The maximum Gasteiger partial charge on any atom is 0.204 e. The summed E-state index contributed by atoms with van der Waals surface area (Å²) in [5.41, 5.74) is 7.01. The normalized spacial score (nSPS) is 20.4. The summed E-state index contributed by atoms with van der Waals surface area (Å²) >= 11 is 0. The highest BCUT2D eigenvalue weighted by Gasteiger charge is 2.43. The summed E-state index contributed by atoms with van der Waals surface area (Å²) in [6.45, 7) is 1.15. The van der Waals surface area contributed by atoms with Crippen molar-refractivity contribution in [2.75, 3.05) is 20.3 Å². The average Bonchev–Trinajstić information content (AvgIpc) is 3.07. The summed E-state index contributed by atoms with van der Waals surface area (Å²) in [6.07, 6.45) is 2.01. The lowest BCUT2D eigenvalue weighted by Crippen LogP contribution is -2.22. The second kappa shape index (κ2) is 3.28. The maximum absolute atomic E-state index is 6.20. The molecule has 0 spiro atoms. The second-order valence-electron chi connectivity index (χ2n) is 4.33. The van der Waals surface area contributed by atoms with Crippen LogP contribution in [0.4, 0.5) is 0 Å². The standard InChI is InChI=1S/C12H15NO3/c1-14-10-8(12(13)4-5-12)2-3-9-11(10)16-7-6-15-9/h2-3H,4-7,13H2,1H3. The highest BCUT2D eigenvalue weighted by atomic mass is 16.6. The molecule has 2 aliphatic rings. The van der Waals surface area contributed by atoms with Crippen LogP contribution in [0.1, 0.15) is 18.4 Å². The average molecular weight is 221 g/mol. The fourth-order valence-corrected chi connectivity index (χ4v) is 2.09. The molecule has 1 saturated carbocycles. The number of rotatable bonds is 2. The first-order chi connectivity index (χ1) is 7.74. The Bertz CT molecular complexity index is 427. The van der Waals surface area contributed by atoms with Crippen molar-refractivity contribution >= 4 is 0 Å². The molecule has 1 aliphatic heterocycles. The fraction of sp³-hybridized carbons (Fsp3) is 0.500. The third-order valence-corrected chi connectivity index (χ3v) is 3.19. The Hall–Kier alpha value is -1.42. The van der Waals surface area contributed by atoms with Crippen molar-refractivity contribution in [2.45, 2.75) is 18.4 Å². The van der Waals surface area contributed by atoms with E-state index in [0.717, 1.165) is 29.9 Å². The van der Waals surface area contributed by atoms with E-state index in [-0.39, 0.29) is 5.54 Å². The SMILES string of the molecule is COc1c(C2(N)CC2)ccc2c1OCCO2. The van der Waals surface area contributed by atoms with Crippen LogP contribution < -0.4 is 19.9 Å². The minimum Gasteiger partial charge on any atom is -0.492 e. The number of benzene rings is 1. The van der Waals surface area contributed by atoms with Crippen molar-refractivity contribution in [1.29, 1.82) is 0 Å². The molecule has 0 radical (unpaired) electrons. The van der Waals surface area contributed by atoms with E-state index in [4.69, 9.17) is 19.9 Å². The number of fused-ring (bicyclic) bond motifs is 1. The number of hydrogen-bond acceptors (Lipinski definition) is 4. The van der Waals surface area contributed by atoms with E-state index in [0.29, 0.717) is 19.0 Å². The maximum atomic E-state index is 6.20. The van der Waals surface area contributed by atoms with Gasteiger partial charge in [0.05, 0.1) is 7.11 Å². The highest BCUT2D eigenvalue weighted by molar-refractivity contribution is 5.59. The van der Waals surface area contributed by atoms with Crippen molar-refractivity contribution < 1.29 is 14.2 Å². The summed E-state index contributed by atoms with van der Waals surface area (Å²) in [6, 6.07) is 3.90. The Morgan fingerprint density at radius 1 is 1.25 bits per heavy atom. The molecule has 1 aliphatic carbocycles. The number of hydrogen-bond donors (Lipinski definition) is 1. The molecule has 0 bridgehead atoms. The quantitative estimate of drug-likeness (QED) is 0.820. The molecular weight excluding hydrogens is 206 g/mol. The van der Waals surface area contributed by atoms with Crippen LogP contribution in [0.3, 0.4) is 0 Å². The van der Waals surface area contributed by atoms with Gasteiger partial charge in [0.25, 0.3) is 0 Å². The molecule has 4 nitrogen and oxygen atoms in total. The zero-order chi connectivity index (χ0) is 11.2. The van der Waals surface area contributed by atoms with Crippen LogP contribution in [0.15, 0.2) is 12.1 Å². The molecule has 1 heterocycles. The van der Waals surface area contributed by atoms with Crippen molar-refractivity contribution in [3.8, 4) is 17.2 Å². The van der Waals surface area contributed by atoms with Crippen molar-refractivity contribution in [3.63, 3.8) is 0 Å². The molecule has 16 heavy (non-hydrogen) atoms. The summed E-state index contributed by atoms with van der Waals surface area (Å²) in [4.78, 5) is 0. The van der Waals surface area contributed by atoms with Gasteiger partial charge >= 0.3 is 0 Å². The van der Waals surface area contributed by atoms with E-state index >= 15 is 0 Å². The van der Waals surface area contributed by atoms with Crippen molar-refractivity contribution in [2.24, 2.45) is 5.73 Å². The van der Waals surface area contributed by atoms with E-state index in [9.17, 15) is 0 Å². The lowest BCUT2D eigenvalue weighted by molar-refractivity contribution is 0.164. The largest absolute Gasteiger partial charge is 0.492 e. The van der Waals surface area contributed by atoms with E-state index < -0.39 is 0 Å². The minimum atomic E-state index is -0.221. The first-order valence-electron chi connectivity index (χ1n) is 5.50. The van der Waals surface area contributed by atoms with Crippen LogP contribution >= 0.6 is 0 Å². The Morgan fingerprint density at radius 2 is 2.00 bits per heavy atom. The molecule has 0 aromatic heterocycles. The zero-order valence-corrected chi connectivity index (χ0v) is 9.29. The van der Waals surface area contributed by atoms with Crippen LogP contribution in [0.5, 0.6) is 17.2 Å². The molecule has 4 heteroatoms. The Morgan fingerprint density at radius 3 is 2.69 bits per heavy atom. The van der Waals surface area contributed by atoms with Gasteiger partial charge in [-0.3, -0.25) is 0 Å². The lowest BCUT2D eigenvalue weighted by atomic mass is 10.0. The number of nitrogens with two attached hydrogens (primary N) is 1. The van der Waals surface area contributed by atoms with Gasteiger partial charge in [-0.15, -0.1) is 0 Å². The van der Waals surface area contributed by atoms with Crippen LogP contribution in [0.2, 0.25) is 0 Å². The van der Waals surface area contributed by atoms with Gasteiger partial charge in [0.2, 0.25) is 5.75 Å². The van der Waals surface area contributed by atoms with E-state index in [2.05, 4.69) is 0 Å². The van der Waals surface area contributed by atoms with E-state index in [1.165, 1.54) is 0 Å². The number of methoxy groups -OCH3 is 1. The summed E-state index contributed by atoms with van der Waals surface area (Å²) in [5, 5.41) is 0. The fourth-order valence-electron chi connectivity index (χ4n) is 2.09. The third kappa shape index (κ3) is 1.33. The van der Waals surface area contributed by atoms with Gasteiger partial charge in [-0.1, -0.05) is 0 Å². The van der Waals surface area contributed by atoms with Gasteiger partial charge in [-0.2, -0.15) is 0 Å². The molecule has 1 aromatic rings. The molecule has 1 fully saturated rings. The molecule has 86 valence electrons.